The summed E-state index contributed by atoms with van der Waals surface area (Å²) in [6.45, 7) is 1.96. The van der Waals surface area contributed by atoms with Gasteiger partial charge < -0.3 is 10.2 Å². The average Bonchev–Trinajstić information content (AvgIpc) is 1.98. The number of unbranched alkanes of at least 4 members (excludes halogenated alkanes) is 1. The normalized spacial score (nSPS) is 14.3. The van der Waals surface area contributed by atoms with Gasteiger partial charge in [-0.3, -0.25) is 0 Å². The monoisotopic (exact) mass is 144 g/mol. The third-order valence-corrected chi connectivity index (χ3v) is 1.24. The van der Waals surface area contributed by atoms with Crippen LogP contribution < -0.4 is 0 Å². The Morgan fingerprint density at radius 3 is 2.60 bits per heavy atom. The maximum atomic E-state index is 8.86. The van der Waals surface area contributed by atoms with Crippen molar-refractivity contribution in [3.8, 4) is 0 Å². The summed E-state index contributed by atoms with van der Waals surface area (Å²) in [7, 11) is 0. The fraction of sp³-hybridized carbons (Fsp3) is 0.750. The Hall–Kier alpha value is -0.340. The zero-order valence-electron chi connectivity index (χ0n) is 6.45. The van der Waals surface area contributed by atoms with Crippen molar-refractivity contribution in [1.29, 1.82) is 0 Å². The molecule has 0 fully saturated rings. The van der Waals surface area contributed by atoms with Gasteiger partial charge >= 0.3 is 0 Å². The molecule has 0 heterocycles. The Morgan fingerprint density at radius 2 is 2.10 bits per heavy atom. The molecule has 0 aliphatic rings. The second-order valence-electron chi connectivity index (χ2n) is 2.33. The van der Waals surface area contributed by atoms with E-state index in [9.17, 15) is 0 Å². The fourth-order valence-electron chi connectivity index (χ4n) is 0.612. The second kappa shape index (κ2) is 6.78. The van der Waals surface area contributed by atoms with Gasteiger partial charge in [-0.05, 0) is 12.8 Å². The number of allylic oxidation sites excluding steroid dienone is 1. The van der Waals surface area contributed by atoms with Crippen molar-refractivity contribution in [1.82, 2.24) is 0 Å². The van der Waals surface area contributed by atoms with E-state index in [1.165, 1.54) is 0 Å². The van der Waals surface area contributed by atoms with Crippen LogP contribution in [-0.2, 0) is 0 Å². The molecule has 0 radical (unpaired) electrons. The molecule has 2 heteroatoms. The summed E-state index contributed by atoms with van der Waals surface area (Å²) in [5, 5.41) is 17.3. The van der Waals surface area contributed by atoms with E-state index in [2.05, 4.69) is 6.92 Å². The van der Waals surface area contributed by atoms with E-state index in [1.54, 1.807) is 0 Å². The lowest BCUT2D eigenvalue weighted by atomic mass is 10.2. The summed E-state index contributed by atoms with van der Waals surface area (Å²) in [6.07, 6.45) is 6.11. The third-order valence-electron chi connectivity index (χ3n) is 1.24. The van der Waals surface area contributed by atoms with Crippen molar-refractivity contribution < 1.29 is 10.2 Å². The summed E-state index contributed by atoms with van der Waals surface area (Å²) in [5.74, 6) is 0. The largest absolute Gasteiger partial charge is 0.394 e. The van der Waals surface area contributed by atoms with E-state index < -0.39 is 6.10 Å². The van der Waals surface area contributed by atoms with Crippen LogP contribution in [-0.4, -0.2) is 22.9 Å². The highest BCUT2D eigenvalue weighted by atomic mass is 16.3. The molecule has 2 nitrogen and oxygen atoms in total. The van der Waals surface area contributed by atoms with Crippen LogP contribution in [0.4, 0.5) is 0 Å². The fourth-order valence-corrected chi connectivity index (χ4v) is 0.612. The van der Waals surface area contributed by atoms with Gasteiger partial charge in [0.25, 0.3) is 0 Å². The Kier molecular flexibility index (Phi) is 6.55. The van der Waals surface area contributed by atoms with E-state index in [1.807, 2.05) is 12.2 Å². The number of hydrogen-bond donors (Lipinski definition) is 2. The van der Waals surface area contributed by atoms with E-state index in [-0.39, 0.29) is 6.61 Å². The second-order valence-corrected chi connectivity index (χ2v) is 2.33. The Balaban J connectivity index is 3.16. The van der Waals surface area contributed by atoms with Gasteiger partial charge in [-0.25, -0.2) is 0 Å². The highest BCUT2D eigenvalue weighted by molar-refractivity contribution is 4.83. The molecule has 60 valence electrons. The first-order chi connectivity index (χ1) is 4.81. The molecule has 10 heavy (non-hydrogen) atoms. The molecular formula is C8H16O2. The van der Waals surface area contributed by atoms with Crippen LogP contribution in [0.2, 0.25) is 0 Å². The van der Waals surface area contributed by atoms with Crippen molar-refractivity contribution in [2.75, 3.05) is 6.61 Å². The molecule has 1 atom stereocenters. The number of hydrogen-bond acceptors (Lipinski definition) is 2. The van der Waals surface area contributed by atoms with Gasteiger partial charge in [0.15, 0.2) is 0 Å². The maximum Gasteiger partial charge on any atom is 0.0805 e. The summed E-state index contributed by atoms with van der Waals surface area (Å²) >= 11 is 0. The molecule has 0 saturated heterocycles. The Labute approximate surface area is 62.2 Å². The summed E-state index contributed by atoms with van der Waals surface area (Å²) in [4.78, 5) is 0. The minimum absolute atomic E-state index is 0.142. The Bertz CT molecular complexity index is 89.3. The number of rotatable bonds is 5. The predicted molar refractivity (Wildman–Crippen MR) is 41.8 cm³/mol. The summed E-state index contributed by atoms with van der Waals surface area (Å²) in [6, 6.07) is 0. The molecule has 0 rings (SSSR count). The van der Waals surface area contributed by atoms with Crippen molar-refractivity contribution in [2.24, 2.45) is 0 Å². The lowest BCUT2D eigenvalue weighted by Crippen LogP contribution is -2.09. The molecule has 1 unspecified atom stereocenters. The molecule has 0 aromatic heterocycles. The van der Waals surface area contributed by atoms with Crippen LogP contribution in [0, 0.1) is 0 Å². The number of aliphatic hydroxyl groups is 2. The Morgan fingerprint density at radius 1 is 1.40 bits per heavy atom. The van der Waals surface area contributed by atoms with Crippen molar-refractivity contribution in [2.45, 2.75) is 32.3 Å². The van der Waals surface area contributed by atoms with Gasteiger partial charge in [0.2, 0.25) is 0 Å². The molecule has 0 bridgehead atoms. The zero-order chi connectivity index (χ0) is 7.82. The topological polar surface area (TPSA) is 40.5 Å². The first-order valence-corrected chi connectivity index (χ1v) is 3.75. The summed E-state index contributed by atoms with van der Waals surface area (Å²) < 4.78 is 0. The minimum atomic E-state index is -0.576. The zero-order valence-corrected chi connectivity index (χ0v) is 6.45. The molecule has 0 amide bonds. The van der Waals surface area contributed by atoms with E-state index >= 15 is 0 Å². The predicted octanol–water partition coefficient (Wildman–Crippen LogP) is 1.09. The SMILES string of the molecule is CCC/C=C/CC(O)CO. The summed E-state index contributed by atoms with van der Waals surface area (Å²) in [5.41, 5.74) is 0. The molecular weight excluding hydrogens is 128 g/mol. The smallest absolute Gasteiger partial charge is 0.0805 e. The van der Waals surface area contributed by atoms with Crippen molar-refractivity contribution in [3.05, 3.63) is 12.2 Å². The van der Waals surface area contributed by atoms with E-state index in [4.69, 9.17) is 10.2 Å². The number of aliphatic hydroxyl groups excluding tert-OH is 2. The molecule has 0 spiro atoms. The van der Waals surface area contributed by atoms with Gasteiger partial charge in [-0.2, -0.15) is 0 Å². The first-order valence-electron chi connectivity index (χ1n) is 3.75. The van der Waals surface area contributed by atoms with Crippen LogP contribution in [0.3, 0.4) is 0 Å². The van der Waals surface area contributed by atoms with Gasteiger partial charge in [0, 0.05) is 0 Å². The van der Waals surface area contributed by atoms with Crippen LogP contribution >= 0.6 is 0 Å². The van der Waals surface area contributed by atoms with E-state index in [0.29, 0.717) is 6.42 Å². The highest BCUT2D eigenvalue weighted by Crippen LogP contribution is 1.94. The molecule has 0 aromatic carbocycles. The third kappa shape index (κ3) is 5.79. The quantitative estimate of drug-likeness (QED) is 0.567. The van der Waals surface area contributed by atoms with Gasteiger partial charge in [0.1, 0.15) is 0 Å². The molecule has 0 aliphatic carbocycles. The maximum absolute atomic E-state index is 8.86. The van der Waals surface area contributed by atoms with Crippen molar-refractivity contribution in [3.63, 3.8) is 0 Å². The average molecular weight is 144 g/mol. The minimum Gasteiger partial charge on any atom is -0.394 e. The van der Waals surface area contributed by atoms with Crippen LogP contribution in [0.1, 0.15) is 26.2 Å². The first kappa shape index (κ1) is 9.66. The molecule has 2 N–H and O–H groups in total. The van der Waals surface area contributed by atoms with E-state index in [0.717, 1.165) is 12.8 Å². The van der Waals surface area contributed by atoms with Gasteiger partial charge in [-0.15, -0.1) is 0 Å². The van der Waals surface area contributed by atoms with Gasteiger partial charge in [0.05, 0.1) is 12.7 Å². The molecule has 0 aromatic rings. The van der Waals surface area contributed by atoms with Crippen LogP contribution in [0.5, 0.6) is 0 Å². The van der Waals surface area contributed by atoms with Crippen LogP contribution in [0.25, 0.3) is 0 Å². The lowest BCUT2D eigenvalue weighted by Gasteiger charge is -2.00. The molecule has 0 saturated carbocycles. The van der Waals surface area contributed by atoms with Gasteiger partial charge in [-0.1, -0.05) is 25.5 Å². The lowest BCUT2D eigenvalue weighted by molar-refractivity contribution is 0.0975. The van der Waals surface area contributed by atoms with Crippen LogP contribution in [0.15, 0.2) is 12.2 Å². The highest BCUT2D eigenvalue weighted by Gasteiger charge is 1.95. The molecule has 0 aliphatic heterocycles. The standard InChI is InChI=1S/C8H16O2/c1-2-3-4-5-6-8(10)7-9/h4-5,8-10H,2-3,6-7H2,1H3/b5-4+. The van der Waals surface area contributed by atoms with Crippen molar-refractivity contribution >= 4 is 0 Å².